The Morgan fingerprint density at radius 2 is 1.89 bits per heavy atom. The van der Waals surface area contributed by atoms with E-state index in [9.17, 15) is 9.59 Å². The Bertz CT molecular complexity index is 866. The Labute approximate surface area is 123 Å². The Balaban J connectivity index is 0.00000120. The average molecular weight is 255 g/mol. The molecule has 0 aromatic carbocycles. The zero-order valence-electron chi connectivity index (χ0n) is 10.6. The zero-order valence-corrected chi connectivity index (χ0v) is 12.6. The molecule has 0 saturated heterocycles. The molecular formula is C10H10N5NaO2. The molecule has 0 atom stereocenters. The van der Waals surface area contributed by atoms with Crippen LogP contribution in [0.3, 0.4) is 0 Å². The van der Waals surface area contributed by atoms with Crippen LogP contribution in [0, 0.1) is 6.92 Å². The number of imidazole rings is 2. The summed E-state index contributed by atoms with van der Waals surface area (Å²) in [6.45, 7) is 1.92. The summed E-state index contributed by atoms with van der Waals surface area (Å²) in [5.41, 5.74) is 0.554. The van der Waals surface area contributed by atoms with E-state index in [1.807, 2.05) is 18.5 Å². The topological polar surface area (TPSA) is 75.4 Å². The largest absolute Gasteiger partial charge is 1.00 e. The molecule has 0 amide bonds. The summed E-state index contributed by atoms with van der Waals surface area (Å²) >= 11 is 0. The fraction of sp³-hybridized carbons (Fsp3) is 0.300. The molecular weight excluding hydrogens is 245 g/mol. The molecule has 88 valence electrons. The Morgan fingerprint density at radius 1 is 1.22 bits per heavy atom. The molecule has 3 aromatic rings. The monoisotopic (exact) mass is 255 g/mol. The van der Waals surface area contributed by atoms with Gasteiger partial charge in [0, 0.05) is 18.9 Å². The quantitative estimate of drug-likeness (QED) is 0.385. The van der Waals surface area contributed by atoms with Gasteiger partial charge in [0.2, 0.25) is 5.78 Å². The van der Waals surface area contributed by atoms with E-state index in [4.69, 9.17) is 0 Å². The SMILES string of the molecule is Cc1cn2c3c(=O)[n-]c(=O)n(C)c3nc2n1C.[Na+]. The molecule has 0 aliphatic rings. The Hall–Kier alpha value is -1.31. The van der Waals surface area contributed by atoms with Crippen molar-refractivity contribution in [2.45, 2.75) is 6.92 Å². The maximum absolute atomic E-state index is 11.8. The van der Waals surface area contributed by atoms with Crippen molar-refractivity contribution in [3.8, 4) is 0 Å². The van der Waals surface area contributed by atoms with Gasteiger partial charge in [-0.15, -0.1) is 0 Å². The predicted molar refractivity (Wildman–Crippen MR) is 61.2 cm³/mol. The summed E-state index contributed by atoms with van der Waals surface area (Å²) in [7, 11) is 3.41. The molecule has 0 bridgehead atoms. The van der Waals surface area contributed by atoms with Crippen LogP contribution in [0.1, 0.15) is 5.69 Å². The first-order valence-corrected chi connectivity index (χ1v) is 5.09. The van der Waals surface area contributed by atoms with Crippen LogP contribution in [-0.2, 0) is 14.1 Å². The Morgan fingerprint density at radius 3 is 2.56 bits per heavy atom. The van der Waals surface area contributed by atoms with Gasteiger partial charge in [-0.1, -0.05) is 7.05 Å². The van der Waals surface area contributed by atoms with Gasteiger partial charge >= 0.3 is 29.6 Å². The molecule has 3 aromatic heterocycles. The molecule has 0 aliphatic carbocycles. The zero-order chi connectivity index (χ0) is 12.3. The van der Waals surface area contributed by atoms with Gasteiger partial charge in [0.05, 0.1) is 5.65 Å². The smallest absolute Gasteiger partial charge is 0.397 e. The van der Waals surface area contributed by atoms with Gasteiger partial charge in [0.25, 0.3) is 0 Å². The summed E-state index contributed by atoms with van der Waals surface area (Å²) in [4.78, 5) is 30.9. The van der Waals surface area contributed by atoms with E-state index in [0.717, 1.165) is 5.69 Å². The third-order valence-electron chi connectivity index (χ3n) is 3.02. The molecule has 0 unspecified atom stereocenters. The number of fused-ring (bicyclic) bond motifs is 3. The van der Waals surface area contributed by atoms with Crippen molar-refractivity contribution in [1.29, 1.82) is 0 Å². The van der Waals surface area contributed by atoms with Gasteiger partial charge < -0.3 is 14.1 Å². The fourth-order valence-electron chi connectivity index (χ4n) is 1.94. The van der Waals surface area contributed by atoms with E-state index in [1.54, 1.807) is 17.6 Å². The van der Waals surface area contributed by atoms with E-state index < -0.39 is 11.2 Å². The summed E-state index contributed by atoms with van der Waals surface area (Å²) in [5, 5.41) is 0. The van der Waals surface area contributed by atoms with Crippen LogP contribution in [-0.4, -0.2) is 18.5 Å². The predicted octanol–water partition coefficient (Wildman–Crippen LogP) is -3.85. The average Bonchev–Trinajstić information content (AvgIpc) is 2.75. The minimum Gasteiger partial charge on any atom is -0.397 e. The molecule has 0 N–H and O–H groups in total. The maximum Gasteiger partial charge on any atom is 1.00 e. The van der Waals surface area contributed by atoms with Gasteiger partial charge in [-0.2, -0.15) is 0 Å². The molecule has 0 saturated carbocycles. The summed E-state index contributed by atoms with van der Waals surface area (Å²) in [5.74, 6) is 0.623. The third kappa shape index (κ3) is 1.51. The van der Waals surface area contributed by atoms with Crippen LogP contribution in [0.15, 0.2) is 15.8 Å². The maximum atomic E-state index is 11.8. The first-order valence-electron chi connectivity index (χ1n) is 5.09. The second-order valence-electron chi connectivity index (χ2n) is 4.04. The third-order valence-corrected chi connectivity index (χ3v) is 3.02. The van der Waals surface area contributed by atoms with Crippen LogP contribution >= 0.6 is 0 Å². The number of aryl methyl sites for hydroxylation is 3. The van der Waals surface area contributed by atoms with Crippen molar-refractivity contribution >= 4 is 16.9 Å². The first kappa shape index (κ1) is 13.1. The number of aromatic nitrogens is 5. The normalized spacial score (nSPS) is 11.1. The van der Waals surface area contributed by atoms with E-state index in [-0.39, 0.29) is 29.6 Å². The van der Waals surface area contributed by atoms with Crippen LogP contribution in [0.25, 0.3) is 16.9 Å². The minimum atomic E-state index is -0.581. The molecule has 0 radical (unpaired) electrons. The summed E-state index contributed by atoms with van der Waals surface area (Å²) in [6, 6.07) is 0. The van der Waals surface area contributed by atoms with Crippen molar-refractivity contribution in [3.63, 3.8) is 0 Å². The molecule has 7 nitrogen and oxygen atoms in total. The molecule has 3 heterocycles. The molecule has 3 rings (SSSR count). The fourth-order valence-corrected chi connectivity index (χ4v) is 1.94. The van der Waals surface area contributed by atoms with E-state index in [2.05, 4.69) is 9.97 Å². The van der Waals surface area contributed by atoms with Gasteiger partial charge in [-0.05, 0) is 6.92 Å². The van der Waals surface area contributed by atoms with E-state index in [0.29, 0.717) is 16.9 Å². The standard InChI is InChI=1S/C10H11N5O2.Na/c1-5-4-15-6-7(11-9(15)13(5)2)14(3)10(17)12-8(6)16;/h4H,1-3H3,(H,12,16,17);/q;+1/p-1. The van der Waals surface area contributed by atoms with Gasteiger partial charge in [-0.25, -0.2) is 4.98 Å². The number of hydrogen-bond donors (Lipinski definition) is 0. The van der Waals surface area contributed by atoms with Gasteiger partial charge in [-0.3, -0.25) is 14.0 Å². The van der Waals surface area contributed by atoms with Crippen LogP contribution in [0.4, 0.5) is 0 Å². The van der Waals surface area contributed by atoms with Crippen molar-refractivity contribution in [1.82, 2.24) is 23.5 Å². The summed E-state index contributed by atoms with van der Waals surface area (Å²) < 4.78 is 4.79. The van der Waals surface area contributed by atoms with Crippen LogP contribution < -0.4 is 45.8 Å². The van der Waals surface area contributed by atoms with Crippen molar-refractivity contribution in [2.75, 3.05) is 0 Å². The molecule has 18 heavy (non-hydrogen) atoms. The van der Waals surface area contributed by atoms with Crippen molar-refractivity contribution < 1.29 is 29.6 Å². The van der Waals surface area contributed by atoms with Gasteiger partial charge in [0.15, 0.2) is 11.2 Å². The number of nitrogens with zero attached hydrogens (tertiary/aromatic N) is 5. The van der Waals surface area contributed by atoms with E-state index in [1.165, 1.54) is 4.57 Å². The van der Waals surface area contributed by atoms with Crippen LogP contribution in [0.2, 0.25) is 0 Å². The molecule has 0 spiro atoms. The van der Waals surface area contributed by atoms with Gasteiger partial charge in [0.1, 0.15) is 5.52 Å². The van der Waals surface area contributed by atoms with Crippen molar-refractivity contribution in [2.24, 2.45) is 14.1 Å². The second kappa shape index (κ2) is 4.11. The molecule has 8 heteroatoms. The summed E-state index contributed by atoms with van der Waals surface area (Å²) in [6.07, 6.45) is 1.80. The second-order valence-corrected chi connectivity index (χ2v) is 4.04. The Kier molecular flexibility index (Phi) is 3.00. The molecule has 0 aliphatic heterocycles. The first-order chi connectivity index (χ1) is 8.00. The number of hydrogen-bond acceptors (Lipinski definition) is 3. The van der Waals surface area contributed by atoms with Crippen molar-refractivity contribution in [3.05, 3.63) is 32.7 Å². The molecule has 0 fully saturated rings. The minimum absolute atomic E-state index is 0. The van der Waals surface area contributed by atoms with Crippen LogP contribution in [0.5, 0.6) is 0 Å². The van der Waals surface area contributed by atoms with E-state index >= 15 is 0 Å². The number of rotatable bonds is 0.